The molecule has 0 atom stereocenters. The third-order valence-corrected chi connectivity index (χ3v) is 0.744. The van der Waals surface area contributed by atoms with Crippen LogP contribution in [0.25, 0.3) is 0 Å². The van der Waals surface area contributed by atoms with Crippen molar-refractivity contribution >= 4 is 0 Å². The fourth-order valence-electron chi connectivity index (χ4n) is 0.333. The molecule has 0 unspecified atom stereocenters. The minimum absolute atomic E-state index is 0. The number of rotatable bonds is 2. The van der Waals surface area contributed by atoms with Crippen LogP contribution in [0.1, 0.15) is 20.3 Å². The van der Waals surface area contributed by atoms with Gasteiger partial charge in [-0.1, -0.05) is 13.8 Å². The minimum atomic E-state index is 0. The van der Waals surface area contributed by atoms with Crippen LogP contribution in [0.15, 0.2) is 0 Å². The predicted octanol–water partition coefficient (Wildman–Crippen LogP) is 1.15. The van der Waals surface area contributed by atoms with Gasteiger partial charge in [-0.15, -0.1) is 0 Å². The molecule has 0 aromatic carbocycles. The molecule has 0 aromatic rings. The summed E-state index contributed by atoms with van der Waals surface area (Å²) >= 11 is 0. The van der Waals surface area contributed by atoms with Gasteiger partial charge in [-0.3, -0.25) is 0 Å². The first-order valence-corrected chi connectivity index (χ1v) is 2.47. The van der Waals surface area contributed by atoms with Gasteiger partial charge in [0.2, 0.25) is 0 Å². The van der Waals surface area contributed by atoms with Crippen LogP contribution in [-0.2, 0) is 0 Å². The zero-order chi connectivity index (χ0) is 4.99. The van der Waals surface area contributed by atoms with Gasteiger partial charge >= 0.3 is 0 Å². The monoisotopic (exact) mass is 104 g/mol. The van der Waals surface area contributed by atoms with Crippen LogP contribution >= 0.6 is 0 Å². The van der Waals surface area contributed by atoms with Crippen molar-refractivity contribution in [1.29, 1.82) is 0 Å². The van der Waals surface area contributed by atoms with Crippen molar-refractivity contribution in [3.8, 4) is 0 Å². The first-order valence-electron chi connectivity index (χ1n) is 2.47. The Morgan fingerprint density at radius 1 is 1.43 bits per heavy atom. The molecular formula is C5H16N2. The van der Waals surface area contributed by atoms with Crippen molar-refractivity contribution in [1.82, 2.24) is 6.15 Å². The van der Waals surface area contributed by atoms with Gasteiger partial charge < -0.3 is 11.9 Å². The Morgan fingerprint density at radius 3 is 1.86 bits per heavy atom. The quantitative estimate of drug-likeness (QED) is 0.552. The summed E-state index contributed by atoms with van der Waals surface area (Å²) in [5.41, 5.74) is 5.23. The van der Waals surface area contributed by atoms with Crippen LogP contribution in [0.4, 0.5) is 0 Å². The maximum absolute atomic E-state index is 5.23. The van der Waals surface area contributed by atoms with Crippen molar-refractivity contribution in [2.75, 3.05) is 6.54 Å². The normalized spacial score (nSPS) is 8.57. The fraction of sp³-hybridized carbons (Fsp3) is 1.00. The summed E-state index contributed by atoms with van der Waals surface area (Å²) in [6, 6.07) is 0. The minimum Gasteiger partial charge on any atom is -0.344 e. The van der Waals surface area contributed by atoms with E-state index < -0.39 is 0 Å². The van der Waals surface area contributed by atoms with Crippen LogP contribution < -0.4 is 11.9 Å². The van der Waals surface area contributed by atoms with Gasteiger partial charge in [-0.2, -0.15) is 0 Å². The average Bonchev–Trinajstić information content (AvgIpc) is 1.35. The first kappa shape index (κ1) is 10.0. The first-order chi connectivity index (χ1) is 2.77. The van der Waals surface area contributed by atoms with Gasteiger partial charge in [0, 0.05) is 0 Å². The lowest BCUT2D eigenvalue weighted by Crippen LogP contribution is -2.01. The molecule has 0 saturated carbocycles. The zero-order valence-electron chi connectivity index (χ0n) is 5.28. The number of hydrogen-bond donors (Lipinski definition) is 2. The zero-order valence-corrected chi connectivity index (χ0v) is 5.28. The maximum atomic E-state index is 5.23. The molecule has 7 heavy (non-hydrogen) atoms. The summed E-state index contributed by atoms with van der Waals surface area (Å²) < 4.78 is 0. The van der Waals surface area contributed by atoms with Gasteiger partial charge in [0.15, 0.2) is 0 Å². The van der Waals surface area contributed by atoms with Crippen molar-refractivity contribution in [2.45, 2.75) is 20.3 Å². The lowest BCUT2D eigenvalue weighted by molar-refractivity contribution is 0.596. The highest BCUT2D eigenvalue weighted by atomic mass is 14.5. The summed E-state index contributed by atoms with van der Waals surface area (Å²) in [4.78, 5) is 0. The SMILES string of the molecule is CC(C)CCN.N. The molecule has 0 saturated heterocycles. The standard InChI is InChI=1S/C5H13N.H3N/c1-5(2)3-4-6;/h5H,3-4,6H2,1-2H3;1H3. The van der Waals surface area contributed by atoms with E-state index in [9.17, 15) is 0 Å². The Kier molecular flexibility index (Phi) is 8.47. The summed E-state index contributed by atoms with van der Waals surface area (Å²) in [5.74, 6) is 0.773. The summed E-state index contributed by atoms with van der Waals surface area (Å²) in [7, 11) is 0. The van der Waals surface area contributed by atoms with Crippen LogP contribution in [0.5, 0.6) is 0 Å². The highest BCUT2D eigenvalue weighted by Gasteiger charge is 1.85. The Bertz CT molecular complexity index is 27.3. The molecule has 0 aliphatic rings. The molecule has 2 nitrogen and oxygen atoms in total. The molecule has 0 heterocycles. The van der Waals surface area contributed by atoms with E-state index in [-0.39, 0.29) is 6.15 Å². The van der Waals surface area contributed by atoms with Crippen molar-refractivity contribution < 1.29 is 0 Å². The highest BCUT2D eigenvalue weighted by molar-refractivity contribution is 4.42. The van der Waals surface area contributed by atoms with E-state index in [4.69, 9.17) is 5.73 Å². The Labute approximate surface area is 45.7 Å². The largest absolute Gasteiger partial charge is 0.344 e. The summed E-state index contributed by atoms with van der Waals surface area (Å²) in [6.07, 6.45) is 1.15. The van der Waals surface area contributed by atoms with E-state index in [1.54, 1.807) is 0 Å². The topological polar surface area (TPSA) is 61.0 Å². The van der Waals surface area contributed by atoms with Crippen LogP contribution in [0.3, 0.4) is 0 Å². The van der Waals surface area contributed by atoms with E-state index in [0.717, 1.165) is 18.9 Å². The van der Waals surface area contributed by atoms with Gasteiger partial charge in [-0.25, -0.2) is 0 Å². The molecule has 0 rings (SSSR count). The van der Waals surface area contributed by atoms with Crippen LogP contribution in [0.2, 0.25) is 0 Å². The molecule has 0 aromatic heterocycles. The average molecular weight is 104 g/mol. The van der Waals surface area contributed by atoms with Gasteiger partial charge in [-0.05, 0) is 18.9 Å². The molecule has 46 valence electrons. The predicted molar refractivity (Wildman–Crippen MR) is 33.5 cm³/mol. The van der Waals surface area contributed by atoms with Crippen molar-refractivity contribution in [3.63, 3.8) is 0 Å². The van der Waals surface area contributed by atoms with Crippen LogP contribution in [-0.4, -0.2) is 6.54 Å². The lowest BCUT2D eigenvalue weighted by atomic mass is 10.1. The molecule has 0 aliphatic carbocycles. The molecule has 2 heteroatoms. The second-order valence-corrected chi connectivity index (χ2v) is 1.97. The number of nitrogens with two attached hydrogens (primary N) is 1. The number of hydrogen-bond acceptors (Lipinski definition) is 2. The molecule has 0 radical (unpaired) electrons. The van der Waals surface area contributed by atoms with E-state index in [1.807, 2.05) is 0 Å². The summed E-state index contributed by atoms with van der Waals surface area (Å²) in [5, 5.41) is 0. The Balaban J connectivity index is 0. The van der Waals surface area contributed by atoms with Crippen molar-refractivity contribution in [3.05, 3.63) is 0 Å². The van der Waals surface area contributed by atoms with Gasteiger partial charge in [0.05, 0.1) is 0 Å². The smallest absolute Gasteiger partial charge is 0.00748 e. The molecule has 0 bridgehead atoms. The Hall–Kier alpha value is -0.0800. The molecule has 0 fully saturated rings. The summed E-state index contributed by atoms with van der Waals surface area (Å²) in [6.45, 7) is 5.18. The van der Waals surface area contributed by atoms with E-state index >= 15 is 0 Å². The molecule has 0 aliphatic heterocycles. The maximum Gasteiger partial charge on any atom is -0.00748 e. The molecule has 5 N–H and O–H groups in total. The molecule has 0 amide bonds. The van der Waals surface area contributed by atoms with E-state index in [0.29, 0.717) is 0 Å². The molecule has 0 spiro atoms. The van der Waals surface area contributed by atoms with Crippen LogP contribution in [0, 0.1) is 5.92 Å². The highest BCUT2D eigenvalue weighted by Crippen LogP contribution is 1.93. The van der Waals surface area contributed by atoms with Gasteiger partial charge in [0.1, 0.15) is 0 Å². The van der Waals surface area contributed by atoms with Gasteiger partial charge in [0.25, 0.3) is 0 Å². The molecular weight excluding hydrogens is 88.1 g/mol. The second-order valence-electron chi connectivity index (χ2n) is 1.97. The third kappa shape index (κ3) is 10.7. The fourth-order valence-corrected chi connectivity index (χ4v) is 0.333. The second kappa shape index (κ2) is 5.92. The van der Waals surface area contributed by atoms with E-state index in [2.05, 4.69) is 13.8 Å². The Morgan fingerprint density at radius 2 is 1.86 bits per heavy atom. The third-order valence-electron chi connectivity index (χ3n) is 0.744. The van der Waals surface area contributed by atoms with E-state index in [1.165, 1.54) is 0 Å². The lowest BCUT2D eigenvalue weighted by Gasteiger charge is -1.96. The van der Waals surface area contributed by atoms with Crippen molar-refractivity contribution in [2.24, 2.45) is 11.7 Å².